The Balaban J connectivity index is 1.66. The number of benzene rings is 2. The van der Waals surface area contributed by atoms with Gasteiger partial charge in [-0.1, -0.05) is 61.9 Å². The average molecular weight is 510 g/mol. The molecule has 1 saturated heterocycles. The van der Waals surface area contributed by atoms with Gasteiger partial charge in [0, 0.05) is 25.3 Å². The second-order valence-electron chi connectivity index (χ2n) is 9.97. The van der Waals surface area contributed by atoms with Gasteiger partial charge in [0.15, 0.2) is 0 Å². The van der Waals surface area contributed by atoms with E-state index in [-0.39, 0.29) is 35.4 Å². The smallest absolute Gasteiger partial charge is 0.254 e. The number of aryl methyl sites for hydroxylation is 1. The van der Waals surface area contributed by atoms with E-state index in [1.165, 1.54) is 0 Å². The molecule has 1 fully saturated rings. The Labute approximate surface area is 214 Å². The third-order valence-corrected chi connectivity index (χ3v) is 7.87. The number of sulfone groups is 1. The first-order valence-corrected chi connectivity index (χ1v) is 14.2. The number of ether oxygens (including phenoxy) is 1. The first-order chi connectivity index (χ1) is 17.2. The molecule has 0 saturated carbocycles. The van der Waals surface area contributed by atoms with Crippen LogP contribution in [0, 0.1) is 12.8 Å². The van der Waals surface area contributed by atoms with Crippen LogP contribution >= 0.6 is 0 Å². The molecule has 1 aliphatic heterocycles. The molecule has 1 aromatic heterocycles. The van der Waals surface area contributed by atoms with Crippen LogP contribution in [-0.2, 0) is 33.4 Å². The van der Waals surface area contributed by atoms with Crippen molar-refractivity contribution in [2.45, 2.75) is 63.7 Å². The van der Waals surface area contributed by atoms with Gasteiger partial charge in [0.05, 0.1) is 30.3 Å². The van der Waals surface area contributed by atoms with Crippen molar-refractivity contribution in [2.24, 2.45) is 5.92 Å². The Morgan fingerprint density at radius 3 is 2.61 bits per heavy atom. The Morgan fingerprint density at radius 2 is 1.94 bits per heavy atom. The van der Waals surface area contributed by atoms with Crippen molar-refractivity contribution < 1.29 is 17.9 Å². The number of amides is 1. The zero-order chi connectivity index (χ0) is 25.7. The van der Waals surface area contributed by atoms with E-state index in [0.29, 0.717) is 31.0 Å². The number of aromatic nitrogens is 2. The summed E-state index contributed by atoms with van der Waals surface area (Å²) >= 11 is 0. The monoisotopic (exact) mass is 509 g/mol. The van der Waals surface area contributed by atoms with Crippen LogP contribution in [0.4, 0.5) is 0 Å². The molecule has 2 heterocycles. The molecule has 3 aromatic rings. The molecule has 2 aromatic carbocycles. The van der Waals surface area contributed by atoms with Crippen molar-refractivity contribution in [3.8, 4) is 0 Å². The standard InChI is InChI=1S/C28H35N3O4S/c1-21(2)17-31-25(16-29-28(31)36(33,34)20-23-10-7-9-22(3)15-23)18-30(19-26-13-8-14-35-26)27(32)24-11-5-4-6-12-24/h4-7,9-12,15-16,21,26H,8,13-14,17-20H2,1-3H3/t26-/m0/s1. The quantitative estimate of drug-likeness (QED) is 0.398. The fraction of sp³-hybridized carbons (Fsp3) is 0.429. The van der Waals surface area contributed by atoms with Gasteiger partial charge in [-0.25, -0.2) is 13.4 Å². The number of hydrogen-bond donors (Lipinski definition) is 0. The maximum atomic E-state index is 13.5. The molecule has 0 aliphatic carbocycles. The fourth-order valence-corrected chi connectivity index (χ4v) is 6.11. The molecule has 36 heavy (non-hydrogen) atoms. The van der Waals surface area contributed by atoms with Crippen LogP contribution in [0.5, 0.6) is 0 Å². The van der Waals surface area contributed by atoms with Crippen LogP contribution in [0.25, 0.3) is 0 Å². The van der Waals surface area contributed by atoms with E-state index in [2.05, 4.69) is 4.98 Å². The molecule has 192 valence electrons. The summed E-state index contributed by atoms with van der Waals surface area (Å²) in [5.41, 5.74) is 3.04. The fourth-order valence-electron chi connectivity index (χ4n) is 4.62. The molecule has 0 bridgehead atoms. The number of rotatable bonds is 10. The molecule has 1 atom stereocenters. The summed E-state index contributed by atoms with van der Waals surface area (Å²) < 4.78 is 34.5. The average Bonchev–Trinajstić information content (AvgIpc) is 3.49. The Kier molecular flexibility index (Phi) is 8.26. The van der Waals surface area contributed by atoms with Gasteiger partial charge < -0.3 is 14.2 Å². The van der Waals surface area contributed by atoms with Crippen LogP contribution in [0.15, 0.2) is 66.0 Å². The number of carbonyl (C=O) groups excluding carboxylic acids is 1. The van der Waals surface area contributed by atoms with Gasteiger partial charge in [0.2, 0.25) is 15.0 Å². The van der Waals surface area contributed by atoms with Gasteiger partial charge in [-0.05, 0) is 43.4 Å². The summed E-state index contributed by atoms with van der Waals surface area (Å²) in [5.74, 6) is -0.0268. The molecular formula is C28H35N3O4S. The Hall–Kier alpha value is -2.97. The van der Waals surface area contributed by atoms with Crippen molar-refractivity contribution in [1.29, 1.82) is 0 Å². The molecule has 1 aliphatic rings. The summed E-state index contributed by atoms with van der Waals surface area (Å²) in [6, 6.07) is 16.7. The summed E-state index contributed by atoms with van der Waals surface area (Å²) in [6.07, 6.45) is 3.46. The zero-order valence-corrected chi connectivity index (χ0v) is 22.1. The number of imidazole rings is 1. The third-order valence-electron chi connectivity index (χ3n) is 6.28. The molecule has 7 nitrogen and oxygen atoms in total. The topological polar surface area (TPSA) is 81.5 Å². The van der Waals surface area contributed by atoms with Gasteiger partial charge in [-0.15, -0.1) is 0 Å². The van der Waals surface area contributed by atoms with Gasteiger partial charge in [0.25, 0.3) is 5.91 Å². The zero-order valence-electron chi connectivity index (χ0n) is 21.3. The van der Waals surface area contributed by atoms with Crippen LogP contribution in [0.2, 0.25) is 0 Å². The molecule has 1 amide bonds. The van der Waals surface area contributed by atoms with Gasteiger partial charge in [0.1, 0.15) is 0 Å². The number of nitrogens with zero attached hydrogens (tertiary/aromatic N) is 3. The molecule has 0 spiro atoms. The van der Waals surface area contributed by atoms with Crippen LogP contribution < -0.4 is 0 Å². The number of carbonyl (C=O) groups is 1. The van der Waals surface area contributed by atoms with Gasteiger partial charge in [-0.2, -0.15) is 0 Å². The van der Waals surface area contributed by atoms with Crippen molar-refractivity contribution in [3.63, 3.8) is 0 Å². The van der Waals surface area contributed by atoms with Crippen LogP contribution in [-0.4, -0.2) is 48.0 Å². The lowest BCUT2D eigenvalue weighted by Gasteiger charge is -2.26. The highest BCUT2D eigenvalue weighted by atomic mass is 32.2. The summed E-state index contributed by atoms with van der Waals surface area (Å²) in [7, 11) is -3.69. The minimum atomic E-state index is -3.69. The largest absolute Gasteiger partial charge is 0.376 e. The predicted octanol–water partition coefficient (Wildman–Crippen LogP) is 4.64. The molecule has 0 radical (unpaired) electrons. The lowest BCUT2D eigenvalue weighted by atomic mass is 10.1. The molecule has 4 rings (SSSR count). The molecule has 8 heteroatoms. The van der Waals surface area contributed by atoms with E-state index in [9.17, 15) is 13.2 Å². The Morgan fingerprint density at radius 1 is 1.17 bits per heavy atom. The molecule has 0 unspecified atom stereocenters. The maximum Gasteiger partial charge on any atom is 0.254 e. The highest BCUT2D eigenvalue weighted by molar-refractivity contribution is 7.90. The second-order valence-corrected chi connectivity index (χ2v) is 11.9. The third kappa shape index (κ3) is 6.42. The normalized spacial score (nSPS) is 15.9. The first-order valence-electron chi connectivity index (χ1n) is 12.5. The first kappa shape index (κ1) is 26.1. The maximum absolute atomic E-state index is 13.5. The Bertz CT molecular complexity index is 1280. The number of hydrogen-bond acceptors (Lipinski definition) is 5. The molecular weight excluding hydrogens is 474 g/mol. The van der Waals surface area contributed by atoms with Crippen molar-refractivity contribution >= 4 is 15.7 Å². The summed E-state index contributed by atoms with van der Waals surface area (Å²) in [4.78, 5) is 19.6. The van der Waals surface area contributed by atoms with E-state index >= 15 is 0 Å². The van der Waals surface area contributed by atoms with Crippen molar-refractivity contribution in [3.05, 3.63) is 83.2 Å². The predicted molar refractivity (Wildman–Crippen MR) is 139 cm³/mol. The summed E-state index contributed by atoms with van der Waals surface area (Å²) in [5, 5.41) is 0.0527. The molecule has 0 N–H and O–H groups in total. The minimum absolute atomic E-state index is 0.0244. The van der Waals surface area contributed by atoms with Crippen molar-refractivity contribution in [2.75, 3.05) is 13.2 Å². The SMILES string of the molecule is Cc1cccc(CS(=O)(=O)c2ncc(CN(C[C@@H]3CCCO3)C(=O)c3ccccc3)n2CC(C)C)c1. The van der Waals surface area contributed by atoms with Gasteiger partial charge in [-0.3, -0.25) is 4.79 Å². The van der Waals surface area contributed by atoms with Gasteiger partial charge >= 0.3 is 0 Å². The lowest BCUT2D eigenvalue weighted by Crippen LogP contribution is -2.37. The lowest BCUT2D eigenvalue weighted by molar-refractivity contribution is 0.0501. The van der Waals surface area contributed by atoms with E-state index in [4.69, 9.17) is 4.74 Å². The minimum Gasteiger partial charge on any atom is -0.376 e. The van der Waals surface area contributed by atoms with E-state index in [1.54, 1.807) is 27.8 Å². The highest BCUT2D eigenvalue weighted by Crippen LogP contribution is 2.23. The van der Waals surface area contributed by atoms with E-state index in [1.807, 2.05) is 63.2 Å². The highest BCUT2D eigenvalue weighted by Gasteiger charge is 2.28. The van der Waals surface area contributed by atoms with Crippen LogP contribution in [0.3, 0.4) is 0 Å². The van der Waals surface area contributed by atoms with E-state index in [0.717, 1.165) is 24.0 Å². The van der Waals surface area contributed by atoms with Crippen molar-refractivity contribution in [1.82, 2.24) is 14.5 Å². The second kappa shape index (κ2) is 11.4. The van der Waals surface area contributed by atoms with Crippen LogP contribution in [0.1, 0.15) is 53.9 Å². The summed E-state index contributed by atoms with van der Waals surface area (Å²) in [6.45, 7) is 7.93. The van der Waals surface area contributed by atoms with E-state index < -0.39 is 9.84 Å².